The van der Waals surface area contributed by atoms with Crippen LogP contribution in [0.15, 0.2) is 52.1 Å². The number of ether oxygens (including phenoxy) is 1. The lowest BCUT2D eigenvalue weighted by atomic mass is 9.64. The standard InChI is InChI=1S/C23H29NO4S/c1-4-17-10-11-18-6-5-7-20-22(18)23(17)21(28-16(3)25)14-24(20)29(26,27)19-12-8-15(2)9-13-19/h8-10,12-13,18,20,22H,4-7,11,14H2,1-3H3/t18-,20?,22-/m0/s1. The third-order valence-corrected chi connectivity index (χ3v) is 8.47. The van der Waals surface area contributed by atoms with Crippen molar-refractivity contribution in [2.24, 2.45) is 11.8 Å². The minimum absolute atomic E-state index is 0.0791. The summed E-state index contributed by atoms with van der Waals surface area (Å²) in [7, 11) is -3.68. The normalized spacial score (nSPS) is 27.3. The molecule has 0 radical (unpaired) electrons. The molecule has 0 N–H and O–H groups in total. The second-order valence-electron chi connectivity index (χ2n) is 8.40. The number of hydrogen-bond acceptors (Lipinski definition) is 4. The van der Waals surface area contributed by atoms with Gasteiger partial charge in [-0.25, -0.2) is 8.42 Å². The van der Waals surface area contributed by atoms with Crippen molar-refractivity contribution in [2.75, 3.05) is 6.54 Å². The van der Waals surface area contributed by atoms with E-state index >= 15 is 0 Å². The summed E-state index contributed by atoms with van der Waals surface area (Å²) in [6.45, 7) is 5.56. The van der Waals surface area contributed by atoms with Crippen LogP contribution in [-0.2, 0) is 19.6 Å². The van der Waals surface area contributed by atoms with Crippen molar-refractivity contribution in [1.82, 2.24) is 4.31 Å². The SMILES string of the molecule is CCC1=CC[C@@H]2CCCC3[C@H]2C1=C(OC(C)=O)CN3S(=O)(=O)c1ccc(C)cc1. The molecule has 1 aromatic carbocycles. The average molecular weight is 416 g/mol. The van der Waals surface area contributed by atoms with Crippen LogP contribution in [0.25, 0.3) is 0 Å². The summed E-state index contributed by atoms with van der Waals surface area (Å²) in [6, 6.07) is 6.92. The number of benzene rings is 1. The van der Waals surface area contributed by atoms with Gasteiger partial charge in [0.05, 0.1) is 11.4 Å². The van der Waals surface area contributed by atoms with Crippen LogP contribution in [0, 0.1) is 18.8 Å². The second-order valence-corrected chi connectivity index (χ2v) is 10.3. The summed E-state index contributed by atoms with van der Waals surface area (Å²) in [4.78, 5) is 12.2. The molecule has 1 unspecified atom stereocenters. The Morgan fingerprint density at radius 2 is 1.93 bits per heavy atom. The fourth-order valence-corrected chi connectivity index (χ4v) is 6.94. The van der Waals surface area contributed by atoms with Gasteiger partial charge < -0.3 is 4.74 Å². The highest BCUT2D eigenvalue weighted by Gasteiger charge is 2.49. The lowest BCUT2D eigenvalue weighted by molar-refractivity contribution is -0.137. The molecule has 0 saturated heterocycles. The molecule has 0 amide bonds. The van der Waals surface area contributed by atoms with Gasteiger partial charge in [0, 0.05) is 18.9 Å². The van der Waals surface area contributed by atoms with Crippen molar-refractivity contribution < 1.29 is 17.9 Å². The van der Waals surface area contributed by atoms with Crippen molar-refractivity contribution >= 4 is 16.0 Å². The summed E-state index contributed by atoms with van der Waals surface area (Å²) < 4.78 is 34.4. The lowest BCUT2D eigenvalue weighted by Gasteiger charge is -2.50. The van der Waals surface area contributed by atoms with Gasteiger partial charge in [-0.2, -0.15) is 4.31 Å². The maximum Gasteiger partial charge on any atom is 0.307 e. The molecule has 2 aliphatic carbocycles. The number of sulfonamides is 1. The van der Waals surface area contributed by atoms with E-state index < -0.39 is 16.0 Å². The summed E-state index contributed by atoms with van der Waals surface area (Å²) in [5, 5.41) is 0. The van der Waals surface area contributed by atoms with E-state index in [0.717, 1.165) is 43.2 Å². The van der Waals surface area contributed by atoms with Gasteiger partial charge in [0.2, 0.25) is 10.0 Å². The molecule has 1 aliphatic heterocycles. The van der Waals surface area contributed by atoms with E-state index in [-0.39, 0.29) is 18.5 Å². The van der Waals surface area contributed by atoms with E-state index in [9.17, 15) is 13.2 Å². The molecule has 0 spiro atoms. The minimum Gasteiger partial charge on any atom is -0.430 e. The summed E-state index contributed by atoms with van der Waals surface area (Å²) in [6.07, 6.45) is 7.06. The van der Waals surface area contributed by atoms with E-state index in [4.69, 9.17) is 4.74 Å². The molecule has 3 atom stereocenters. The van der Waals surface area contributed by atoms with Gasteiger partial charge >= 0.3 is 5.97 Å². The van der Waals surface area contributed by atoms with Crippen LogP contribution in [0.5, 0.6) is 0 Å². The molecular formula is C23H29NO4S. The number of esters is 1. The molecule has 1 heterocycles. The summed E-state index contributed by atoms with van der Waals surface area (Å²) >= 11 is 0. The Morgan fingerprint density at radius 3 is 2.59 bits per heavy atom. The van der Waals surface area contributed by atoms with Crippen molar-refractivity contribution in [2.45, 2.75) is 63.8 Å². The molecule has 29 heavy (non-hydrogen) atoms. The maximum atomic E-state index is 13.6. The Morgan fingerprint density at radius 1 is 1.21 bits per heavy atom. The molecule has 1 aromatic rings. The lowest BCUT2D eigenvalue weighted by Crippen LogP contribution is -2.54. The first kappa shape index (κ1) is 20.4. The number of carbonyl (C=O) groups excluding carboxylic acids is 1. The smallest absolute Gasteiger partial charge is 0.307 e. The predicted molar refractivity (Wildman–Crippen MR) is 111 cm³/mol. The van der Waals surface area contributed by atoms with E-state index in [0.29, 0.717) is 16.6 Å². The van der Waals surface area contributed by atoms with Gasteiger partial charge in [-0.15, -0.1) is 0 Å². The Bertz CT molecular complexity index is 975. The van der Waals surface area contributed by atoms with Crippen LogP contribution in [0.4, 0.5) is 0 Å². The molecule has 0 bridgehead atoms. The largest absolute Gasteiger partial charge is 0.430 e. The number of allylic oxidation sites excluding steroid dienone is 2. The summed E-state index contributed by atoms with van der Waals surface area (Å²) in [5.41, 5.74) is 3.33. The molecule has 0 aromatic heterocycles. The highest BCUT2D eigenvalue weighted by atomic mass is 32.2. The van der Waals surface area contributed by atoms with Crippen molar-refractivity contribution in [3.05, 3.63) is 52.8 Å². The first-order valence-electron chi connectivity index (χ1n) is 10.5. The third-order valence-electron chi connectivity index (χ3n) is 6.59. The molecule has 156 valence electrons. The second kappa shape index (κ2) is 7.73. The molecule has 3 aliphatic rings. The Kier molecular flexibility index (Phi) is 5.42. The predicted octanol–water partition coefficient (Wildman–Crippen LogP) is 4.34. The molecule has 1 fully saturated rings. The Balaban J connectivity index is 1.84. The first-order valence-corrected chi connectivity index (χ1v) is 12.0. The first-order chi connectivity index (χ1) is 13.8. The maximum absolute atomic E-state index is 13.6. The van der Waals surface area contributed by atoms with Crippen molar-refractivity contribution in [3.63, 3.8) is 0 Å². The van der Waals surface area contributed by atoms with Crippen LogP contribution in [0.3, 0.4) is 0 Å². The van der Waals surface area contributed by atoms with Crippen LogP contribution in [-0.4, -0.2) is 31.3 Å². The van der Waals surface area contributed by atoms with Crippen LogP contribution in [0.1, 0.15) is 51.5 Å². The van der Waals surface area contributed by atoms with Gasteiger partial charge in [-0.05, 0) is 61.8 Å². The van der Waals surface area contributed by atoms with Crippen molar-refractivity contribution in [3.8, 4) is 0 Å². The number of hydrogen-bond donors (Lipinski definition) is 0. The van der Waals surface area contributed by atoms with E-state index in [2.05, 4.69) is 13.0 Å². The quantitative estimate of drug-likeness (QED) is 0.686. The molecule has 5 nitrogen and oxygen atoms in total. The molecule has 6 heteroatoms. The Hall–Kier alpha value is -1.92. The van der Waals surface area contributed by atoms with Crippen LogP contribution in [0.2, 0.25) is 0 Å². The monoisotopic (exact) mass is 415 g/mol. The van der Waals surface area contributed by atoms with E-state index in [1.165, 1.54) is 12.5 Å². The van der Waals surface area contributed by atoms with Gasteiger partial charge in [-0.3, -0.25) is 4.79 Å². The minimum atomic E-state index is -3.68. The average Bonchev–Trinajstić information content (AvgIpc) is 2.69. The topological polar surface area (TPSA) is 63.7 Å². The molecule has 1 saturated carbocycles. The van der Waals surface area contributed by atoms with Gasteiger partial charge in [-0.1, -0.05) is 37.1 Å². The van der Waals surface area contributed by atoms with Crippen LogP contribution < -0.4 is 0 Å². The highest BCUT2D eigenvalue weighted by molar-refractivity contribution is 7.89. The number of nitrogens with zero attached hydrogens (tertiary/aromatic N) is 1. The number of aryl methyl sites for hydroxylation is 1. The number of carbonyl (C=O) groups is 1. The number of rotatable bonds is 4. The van der Waals surface area contributed by atoms with Gasteiger partial charge in [0.25, 0.3) is 0 Å². The zero-order chi connectivity index (χ0) is 20.8. The molecule has 4 rings (SSSR count). The third kappa shape index (κ3) is 3.57. The van der Waals surface area contributed by atoms with E-state index in [1.807, 2.05) is 19.1 Å². The van der Waals surface area contributed by atoms with Gasteiger partial charge in [0.1, 0.15) is 5.76 Å². The van der Waals surface area contributed by atoms with Gasteiger partial charge in [0.15, 0.2) is 0 Å². The van der Waals surface area contributed by atoms with Crippen molar-refractivity contribution in [1.29, 1.82) is 0 Å². The summed E-state index contributed by atoms with van der Waals surface area (Å²) in [5.74, 6) is 0.633. The fraction of sp³-hybridized carbons (Fsp3) is 0.522. The van der Waals surface area contributed by atoms with Crippen LogP contribution >= 0.6 is 0 Å². The zero-order valence-corrected chi connectivity index (χ0v) is 18.2. The zero-order valence-electron chi connectivity index (χ0n) is 17.3. The van der Waals surface area contributed by atoms with E-state index in [1.54, 1.807) is 16.4 Å². The highest BCUT2D eigenvalue weighted by Crippen LogP contribution is 2.50. The Labute approximate surface area is 173 Å². The fourth-order valence-electron chi connectivity index (χ4n) is 5.31. The molecular weight excluding hydrogens is 386 g/mol.